The van der Waals surface area contributed by atoms with Crippen LogP contribution in [-0.4, -0.2) is 36.9 Å². The summed E-state index contributed by atoms with van der Waals surface area (Å²) in [5, 5.41) is 8.50. The number of amides is 1. The first kappa shape index (κ1) is 15.6. The maximum absolute atomic E-state index is 11.5. The van der Waals surface area contributed by atoms with Crippen molar-refractivity contribution < 1.29 is 4.79 Å². The highest BCUT2D eigenvalue weighted by molar-refractivity contribution is 5.91. The van der Waals surface area contributed by atoms with E-state index in [-0.39, 0.29) is 5.91 Å². The molecule has 0 bridgehead atoms. The number of primary amides is 1. The van der Waals surface area contributed by atoms with Gasteiger partial charge < -0.3 is 10.3 Å². The van der Waals surface area contributed by atoms with E-state index in [2.05, 4.69) is 15.2 Å². The Bertz CT molecular complexity index is 911. The normalized spacial score (nSPS) is 14.4. The third-order valence-corrected chi connectivity index (χ3v) is 4.72. The molecule has 0 saturated carbocycles. The van der Waals surface area contributed by atoms with E-state index in [9.17, 15) is 4.79 Å². The molecule has 128 valence electrons. The molecule has 1 aliphatic rings. The molecule has 7 nitrogen and oxygen atoms in total. The van der Waals surface area contributed by atoms with E-state index in [0.717, 1.165) is 43.1 Å². The van der Waals surface area contributed by atoms with Crippen molar-refractivity contribution in [1.29, 1.82) is 0 Å². The lowest BCUT2D eigenvalue weighted by atomic mass is 10.1. The largest absolute Gasteiger partial charge is 0.364 e. The first-order valence-corrected chi connectivity index (χ1v) is 8.28. The molecule has 0 unspecified atom stereocenters. The van der Waals surface area contributed by atoms with Crippen molar-refractivity contribution >= 4 is 5.91 Å². The SMILES string of the molecule is Cn1c(C(N)=O)cc2c1CN(Cc1cn(-c3ccccc3)nn1)CC2. The molecule has 7 heteroatoms. The summed E-state index contributed by atoms with van der Waals surface area (Å²) < 4.78 is 3.70. The van der Waals surface area contributed by atoms with Crippen LogP contribution in [0.1, 0.15) is 27.4 Å². The topological polar surface area (TPSA) is 82.0 Å². The number of hydrogen-bond acceptors (Lipinski definition) is 4. The number of carbonyl (C=O) groups is 1. The van der Waals surface area contributed by atoms with Crippen molar-refractivity contribution in [2.24, 2.45) is 12.8 Å². The lowest BCUT2D eigenvalue weighted by Gasteiger charge is -2.26. The first-order valence-electron chi connectivity index (χ1n) is 8.28. The number of nitrogens with zero attached hydrogens (tertiary/aromatic N) is 5. The van der Waals surface area contributed by atoms with Gasteiger partial charge in [0.05, 0.1) is 17.6 Å². The lowest BCUT2D eigenvalue weighted by molar-refractivity contribution is 0.0992. The van der Waals surface area contributed by atoms with Crippen LogP contribution >= 0.6 is 0 Å². The summed E-state index contributed by atoms with van der Waals surface area (Å²) in [4.78, 5) is 13.8. The van der Waals surface area contributed by atoms with E-state index >= 15 is 0 Å². The summed E-state index contributed by atoms with van der Waals surface area (Å²) in [7, 11) is 1.90. The van der Waals surface area contributed by atoms with E-state index in [1.54, 1.807) is 4.68 Å². The van der Waals surface area contributed by atoms with Crippen molar-refractivity contribution in [2.45, 2.75) is 19.5 Å². The maximum atomic E-state index is 11.5. The predicted octanol–water partition coefficient (Wildman–Crippen LogP) is 1.26. The summed E-state index contributed by atoms with van der Waals surface area (Å²) >= 11 is 0. The van der Waals surface area contributed by atoms with Crippen LogP contribution in [-0.2, 0) is 26.6 Å². The minimum absolute atomic E-state index is 0.380. The number of benzene rings is 1. The number of rotatable bonds is 4. The second-order valence-corrected chi connectivity index (χ2v) is 6.38. The van der Waals surface area contributed by atoms with Gasteiger partial charge in [0.15, 0.2) is 0 Å². The molecule has 0 atom stereocenters. The number of hydrogen-bond donors (Lipinski definition) is 1. The van der Waals surface area contributed by atoms with Gasteiger partial charge in [-0.3, -0.25) is 9.69 Å². The molecule has 0 fully saturated rings. The highest BCUT2D eigenvalue weighted by Crippen LogP contribution is 2.23. The number of nitrogens with two attached hydrogens (primary N) is 1. The molecule has 0 saturated heterocycles. The van der Waals surface area contributed by atoms with Crippen LogP contribution in [0.25, 0.3) is 5.69 Å². The summed E-state index contributed by atoms with van der Waals surface area (Å²) in [6.07, 6.45) is 2.87. The highest BCUT2D eigenvalue weighted by atomic mass is 16.1. The smallest absolute Gasteiger partial charge is 0.265 e. The molecular weight excluding hydrogens is 316 g/mol. The van der Waals surface area contributed by atoms with Crippen LogP contribution in [0.4, 0.5) is 0 Å². The Kier molecular flexibility index (Phi) is 3.85. The number of fused-ring (bicyclic) bond motifs is 1. The Labute approximate surface area is 145 Å². The van der Waals surface area contributed by atoms with Crippen LogP contribution in [0, 0.1) is 0 Å². The molecule has 0 spiro atoms. The van der Waals surface area contributed by atoms with Crippen LogP contribution < -0.4 is 5.73 Å². The number of aromatic nitrogens is 4. The van der Waals surface area contributed by atoms with Gasteiger partial charge in [-0.2, -0.15) is 0 Å². The summed E-state index contributed by atoms with van der Waals surface area (Å²) in [6, 6.07) is 11.9. The zero-order valence-electron chi connectivity index (χ0n) is 14.1. The molecule has 0 aliphatic carbocycles. The minimum atomic E-state index is -0.380. The number of para-hydroxylation sites is 1. The van der Waals surface area contributed by atoms with Crippen molar-refractivity contribution in [3.05, 3.63) is 65.2 Å². The van der Waals surface area contributed by atoms with Gasteiger partial charge in [0.2, 0.25) is 0 Å². The van der Waals surface area contributed by atoms with Gasteiger partial charge in [-0.1, -0.05) is 23.4 Å². The van der Waals surface area contributed by atoms with E-state index in [0.29, 0.717) is 5.69 Å². The van der Waals surface area contributed by atoms with Crippen molar-refractivity contribution in [3.8, 4) is 5.69 Å². The van der Waals surface area contributed by atoms with Gasteiger partial charge in [-0.25, -0.2) is 4.68 Å². The average Bonchev–Trinajstić information content (AvgIpc) is 3.21. The van der Waals surface area contributed by atoms with Gasteiger partial charge in [0.1, 0.15) is 5.69 Å². The molecule has 1 aromatic carbocycles. The Hall–Kier alpha value is -2.93. The average molecular weight is 336 g/mol. The van der Waals surface area contributed by atoms with Gasteiger partial charge in [-0.15, -0.1) is 5.10 Å². The molecular formula is C18H20N6O. The quantitative estimate of drug-likeness (QED) is 0.778. The molecule has 3 aromatic rings. The molecule has 1 amide bonds. The van der Waals surface area contributed by atoms with Crippen molar-refractivity contribution in [3.63, 3.8) is 0 Å². The molecule has 2 aromatic heterocycles. The van der Waals surface area contributed by atoms with Gasteiger partial charge >= 0.3 is 0 Å². The Morgan fingerprint density at radius 1 is 1.28 bits per heavy atom. The minimum Gasteiger partial charge on any atom is -0.364 e. The molecule has 0 radical (unpaired) electrons. The molecule has 1 aliphatic heterocycles. The fourth-order valence-electron chi connectivity index (χ4n) is 3.38. The second-order valence-electron chi connectivity index (χ2n) is 6.38. The van der Waals surface area contributed by atoms with E-state index in [4.69, 9.17) is 5.73 Å². The zero-order valence-corrected chi connectivity index (χ0v) is 14.1. The van der Waals surface area contributed by atoms with Gasteiger partial charge in [0, 0.05) is 32.4 Å². The van der Waals surface area contributed by atoms with Crippen LogP contribution in [0.15, 0.2) is 42.6 Å². The molecule has 25 heavy (non-hydrogen) atoms. The van der Waals surface area contributed by atoms with Gasteiger partial charge in [0.25, 0.3) is 5.91 Å². The summed E-state index contributed by atoms with van der Waals surface area (Å²) in [5.41, 5.74) is 10.3. The maximum Gasteiger partial charge on any atom is 0.265 e. The zero-order chi connectivity index (χ0) is 17.4. The van der Waals surface area contributed by atoms with E-state index < -0.39 is 0 Å². The Balaban J connectivity index is 1.50. The second kappa shape index (κ2) is 6.18. The molecule has 3 heterocycles. The third-order valence-electron chi connectivity index (χ3n) is 4.72. The monoisotopic (exact) mass is 336 g/mol. The van der Waals surface area contributed by atoms with E-state index in [1.807, 2.05) is 54.2 Å². The summed E-state index contributed by atoms with van der Waals surface area (Å²) in [6.45, 7) is 2.42. The number of carbonyl (C=O) groups excluding carboxylic acids is 1. The van der Waals surface area contributed by atoms with Crippen molar-refractivity contribution in [1.82, 2.24) is 24.5 Å². The first-order chi connectivity index (χ1) is 12.1. The molecule has 4 rings (SSSR count). The molecule has 2 N–H and O–H groups in total. The lowest BCUT2D eigenvalue weighted by Crippen LogP contribution is -2.31. The van der Waals surface area contributed by atoms with Gasteiger partial charge in [-0.05, 0) is 30.2 Å². The fourth-order valence-corrected chi connectivity index (χ4v) is 3.38. The van der Waals surface area contributed by atoms with E-state index in [1.165, 1.54) is 5.56 Å². The highest BCUT2D eigenvalue weighted by Gasteiger charge is 2.23. The van der Waals surface area contributed by atoms with Crippen molar-refractivity contribution in [2.75, 3.05) is 6.54 Å². The predicted molar refractivity (Wildman–Crippen MR) is 93.1 cm³/mol. The Morgan fingerprint density at radius 2 is 2.08 bits per heavy atom. The third kappa shape index (κ3) is 2.94. The Morgan fingerprint density at radius 3 is 2.84 bits per heavy atom. The summed E-state index contributed by atoms with van der Waals surface area (Å²) in [5.74, 6) is -0.380. The standard InChI is InChI=1S/C18H20N6O/c1-22-16(18(19)25)9-13-7-8-23(12-17(13)22)10-14-11-24(21-20-14)15-5-3-2-4-6-15/h2-6,9,11H,7-8,10,12H2,1H3,(H2,19,25). The van der Waals surface area contributed by atoms with Crippen LogP contribution in [0.3, 0.4) is 0 Å². The van der Waals surface area contributed by atoms with Crippen LogP contribution in [0.5, 0.6) is 0 Å². The van der Waals surface area contributed by atoms with Crippen LogP contribution in [0.2, 0.25) is 0 Å². The fraction of sp³-hybridized carbons (Fsp3) is 0.278.